The zero-order valence-corrected chi connectivity index (χ0v) is 10.5. The molecule has 0 unspecified atom stereocenters. The summed E-state index contributed by atoms with van der Waals surface area (Å²) >= 11 is 0. The largest absolute Gasteiger partial charge is 0.481 e. The lowest BCUT2D eigenvalue weighted by Gasteiger charge is -2.28. The molecule has 1 aromatic heterocycles. The number of rotatable bonds is 4. The summed E-state index contributed by atoms with van der Waals surface area (Å²) in [5.41, 5.74) is 0.898. The van der Waals surface area contributed by atoms with Crippen LogP contribution in [0.4, 0.5) is 0 Å². The number of aromatic amines is 1. The van der Waals surface area contributed by atoms with Gasteiger partial charge in [-0.25, -0.2) is 0 Å². The van der Waals surface area contributed by atoms with Crippen LogP contribution >= 0.6 is 0 Å². The second kappa shape index (κ2) is 4.84. The van der Waals surface area contributed by atoms with E-state index in [4.69, 9.17) is 5.11 Å². The van der Waals surface area contributed by atoms with Gasteiger partial charge in [-0.2, -0.15) is 0 Å². The quantitative estimate of drug-likeness (QED) is 0.762. The molecule has 5 heteroatoms. The van der Waals surface area contributed by atoms with E-state index >= 15 is 0 Å². The second-order valence-corrected chi connectivity index (χ2v) is 5.06. The summed E-state index contributed by atoms with van der Waals surface area (Å²) in [7, 11) is 0. The fourth-order valence-corrected chi connectivity index (χ4v) is 2.68. The molecule has 3 N–H and O–H groups in total. The van der Waals surface area contributed by atoms with E-state index < -0.39 is 11.5 Å². The molecular weight excluding hydrogens is 232 g/mol. The molecule has 1 aromatic rings. The van der Waals surface area contributed by atoms with Gasteiger partial charge >= 0.3 is 5.97 Å². The molecule has 1 saturated carbocycles. The van der Waals surface area contributed by atoms with E-state index in [0.717, 1.165) is 31.2 Å². The summed E-state index contributed by atoms with van der Waals surface area (Å²) < 4.78 is 0. The zero-order chi connectivity index (χ0) is 13.2. The molecule has 0 bridgehead atoms. The van der Waals surface area contributed by atoms with Crippen molar-refractivity contribution >= 4 is 11.9 Å². The molecular formula is C13H18N2O3. The van der Waals surface area contributed by atoms with Crippen LogP contribution in [-0.4, -0.2) is 27.5 Å². The normalized spacial score (nSPS) is 17.6. The Morgan fingerprint density at radius 1 is 1.39 bits per heavy atom. The van der Waals surface area contributed by atoms with Gasteiger partial charge in [0.15, 0.2) is 0 Å². The van der Waals surface area contributed by atoms with E-state index in [0.29, 0.717) is 5.56 Å². The van der Waals surface area contributed by atoms with Gasteiger partial charge in [0.2, 0.25) is 0 Å². The summed E-state index contributed by atoms with van der Waals surface area (Å²) in [6.07, 6.45) is 6.84. The molecule has 2 rings (SSSR count). The van der Waals surface area contributed by atoms with Crippen molar-refractivity contribution in [1.82, 2.24) is 10.3 Å². The van der Waals surface area contributed by atoms with Crippen LogP contribution < -0.4 is 5.32 Å². The Hall–Kier alpha value is -1.78. The second-order valence-electron chi connectivity index (χ2n) is 5.06. The highest BCUT2D eigenvalue weighted by Gasteiger charge is 2.37. The highest BCUT2D eigenvalue weighted by atomic mass is 16.4. The molecule has 1 heterocycles. The van der Waals surface area contributed by atoms with Crippen molar-refractivity contribution in [3.63, 3.8) is 0 Å². The smallest absolute Gasteiger partial charge is 0.305 e. The van der Waals surface area contributed by atoms with Crippen LogP contribution in [0, 0.1) is 6.92 Å². The fourth-order valence-electron chi connectivity index (χ4n) is 2.68. The number of aromatic nitrogens is 1. The molecule has 1 aliphatic carbocycles. The standard InChI is InChI=1S/C13H18N2O3/c1-9-7-14-8-10(9)12(18)15-13(6-11(16)17)4-2-3-5-13/h7-8,14H,2-6H2,1H3,(H,15,18)(H,16,17). The number of amides is 1. The first kappa shape index (κ1) is 12.7. The van der Waals surface area contributed by atoms with Gasteiger partial charge < -0.3 is 15.4 Å². The van der Waals surface area contributed by atoms with Crippen LogP contribution in [0.25, 0.3) is 0 Å². The van der Waals surface area contributed by atoms with Gasteiger partial charge in [0.25, 0.3) is 5.91 Å². The Labute approximate surface area is 106 Å². The van der Waals surface area contributed by atoms with Gasteiger partial charge in [0, 0.05) is 12.4 Å². The molecule has 0 radical (unpaired) electrons. The number of carboxylic acid groups (broad SMARTS) is 1. The van der Waals surface area contributed by atoms with Crippen LogP contribution in [0.2, 0.25) is 0 Å². The van der Waals surface area contributed by atoms with Crippen LogP contribution in [-0.2, 0) is 4.79 Å². The number of hydrogen-bond donors (Lipinski definition) is 3. The predicted octanol–water partition coefficient (Wildman–Crippen LogP) is 1.84. The summed E-state index contributed by atoms with van der Waals surface area (Å²) in [5, 5.41) is 11.9. The van der Waals surface area contributed by atoms with Gasteiger partial charge in [0.1, 0.15) is 0 Å². The molecule has 0 aliphatic heterocycles. The van der Waals surface area contributed by atoms with Crippen molar-refractivity contribution in [3.05, 3.63) is 23.5 Å². The van der Waals surface area contributed by atoms with Crippen molar-refractivity contribution in [2.75, 3.05) is 0 Å². The van der Waals surface area contributed by atoms with E-state index in [1.807, 2.05) is 6.92 Å². The van der Waals surface area contributed by atoms with E-state index in [1.54, 1.807) is 12.4 Å². The molecule has 18 heavy (non-hydrogen) atoms. The number of aryl methyl sites for hydroxylation is 1. The number of H-pyrrole nitrogens is 1. The summed E-state index contributed by atoms with van der Waals surface area (Å²) in [6.45, 7) is 1.85. The lowest BCUT2D eigenvalue weighted by Crippen LogP contribution is -2.47. The topological polar surface area (TPSA) is 82.2 Å². The number of carboxylic acids is 1. The highest BCUT2D eigenvalue weighted by molar-refractivity contribution is 5.96. The first-order chi connectivity index (χ1) is 8.52. The molecule has 98 valence electrons. The van der Waals surface area contributed by atoms with Crippen LogP contribution in [0.3, 0.4) is 0 Å². The molecule has 0 spiro atoms. The Bertz CT molecular complexity index is 459. The predicted molar refractivity (Wildman–Crippen MR) is 66.4 cm³/mol. The number of aliphatic carboxylic acids is 1. The van der Waals surface area contributed by atoms with Crippen molar-refractivity contribution in [1.29, 1.82) is 0 Å². The zero-order valence-electron chi connectivity index (χ0n) is 10.5. The lowest BCUT2D eigenvalue weighted by molar-refractivity contribution is -0.138. The van der Waals surface area contributed by atoms with Crippen molar-refractivity contribution in [2.45, 2.75) is 44.6 Å². The molecule has 1 aliphatic rings. The SMILES string of the molecule is Cc1c[nH]cc1C(=O)NC1(CC(=O)O)CCCC1. The average molecular weight is 250 g/mol. The molecule has 1 amide bonds. The van der Waals surface area contributed by atoms with Crippen molar-refractivity contribution in [2.24, 2.45) is 0 Å². The van der Waals surface area contributed by atoms with Crippen LogP contribution in [0.1, 0.15) is 48.0 Å². The fraction of sp³-hybridized carbons (Fsp3) is 0.538. The monoisotopic (exact) mass is 250 g/mol. The minimum Gasteiger partial charge on any atom is -0.481 e. The van der Waals surface area contributed by atoms with Gasteiger partial charge in [-0.15, -0.1) is 0 Å². The molecule has 5 nitrogen and oxygen atoms in total. The first-order valence-electron chi connectivity index (χ1n) is 6.20. The minimum absolute atomic E-state index is 0.00219. The number of nitrogens with one attached hydrogen (secondary N) is 2. The maximum atomic E-state index is 12.1. The Kier molecular flexibility index (Phi) is 3.41. The third kappa shape index (κ3) is 2.55. The van der Waals surface area contributed by atoms with Gasteiger partial charge in [-0.05, 0) is 25.3 Å². The minimum atomic E-state index is -0.858. The van der Waals surface area contributed by atoms with Gasteiger partial charge in [0.05, 0.1) is 17.5 Å². The Morgan fingerprint density at radius 2 is 2.06 bits per heavy atom. The Balaban J connectivity index is 2.12. The third-order valence-electron chi connectivity index (χ3n) is 3.63. The van der Waals surface area contributed by atoms with Crippen molar-refractivity contribution < 1.29 is 14.7 Å². The molecule has 0 saturated heterocycles. The van der Waals surface area contributed by atoms with Crippen LogP contribution in [0.5, 0.6) is 0 Å². The van der Waals surface area contributed by atoms with E-state index in [1.165, 1.54) is 0 Å². The van der Waals surface area contributed by atoms with Gasteiger partial charge in [-0.1, -0.05) is 12.8 Å². The van der Waals surface area contributed by atoms with E-state index in [9.17, 15) is 9.59 Å². The third-order valence-corrected chi connectivity index (χ3v) is 3.63. The summed E-state index contributed by atoms with van der Waals surface area (Å²) in [5.74, 6) is -1.04. The number of carbonyl (C=O) groups excluding carboxylic acids is 1. The summed E-state index contributed by atoms with van der Waals surface area (Å²) in [4.78, 5) is 26.0. The first-order valence-corrected chi connectivity index (χ1v) is 6.20. The van der Waals surface area contributed by atoms with Gasteiger partial charge in [-0.3, -0.25) is 9.59 Å². The summed E-state index contributed by atoms with van der Waals surface area (Å²) in [6, 6.07) is 0. The average Bonchev–Trinajstić information content (AvgIpc) is 2.86. The van der Waals surface area contributed by atoms with Crippen LogP contribution in [0.15, 0.2) is 12.4 Å². The molecule has 1 fully saturated rings. The maximum Gasteiger partial charge on any atom is 0.305 e. The number of hydrogen-bond acceptors (Lipinski definition) is 2. The lowest BCUT2D eigenvalue weighted by atomic mass is 9.92. The van der Waals surface area contributed by atoms with E-state index in [-0.39, 0.29) is 12.3 Å². The van der Waals surface area contributed by atoms with E-state index in [2.05, 4.69) is 10.3 Å². The highest BCUT2D eigenvalue weighted by Crippen LogP contribution is 2.33. The molecule has 0 aromatic carbocycles. The Morgan fingerprint density at radius 3 is 2.56 bits per heavy atom. The maximum absolute atomic E-state index is 12.1. The number of carbonyl (C=O) groups is 2. The van der Waals surface area contributed by atoms with Crippen molar-refractivity contribution in [3.8, 4) is 0 Å². The molecule has 0 atom stereocenters.